The van der Waals surface area contributed by atoms with Gasteiger partial charge in [0.25, 0.3) is 0 Å². The molecule has 0 unspecified atom stereocenters. The second kappa shape index (κ2) is 12.3. The van der Waals surface area contributed by atoms with Gasteiger partial charge in [-0.05, 0) is 66.2 Å². The van der Waals surface area contributed by atoms with Gasteiger partial charge in [0.15, 0.2) is 35.4 Å². The third kappa shape index (κ3) is 6.14. The van der Waals surface area contributed by atoms with Gasteiger partial charge in [0.05, 0.1) is 32.6 Å². The zero-order chi connectivity index (χ0) is 27.1. The van der Waals surface area contributed by atoms with Crippen LogP contribution in [0.15, 0.2) is 66.0 Å². The molecule has 0 saturated carbocycles. The van der Waals surface area contributed by atoms with Crippen LogP contribution >= 0.6 is 22.9 Å². The van der Waals surface area contributed by atoms with Crippen LogP contribution in [0.2, 0.25) is 5.02 Å². The number of methoxy groups -OCH3 is 3. The molecule has 0 bridgehead atoms. The Kier molecular flexibility index (Phi) is 8.64. The summed E-state index contributed by atoms with van der Waals surface area (Å²) in [7, 11) is 4.67. The molecule has 0 aliphatic rings. The van der Waals surface area contributed by atoms with Crippen molar-refractivity contribution >= 4 is 40.4 Å². The summed E-state index contributed by atoms with van der Waals surface area (Å²) in [4.78, 5) is 17.1. The lowest BCUT2D eigenvalue weighted by molar-refractivity contribution is 0.0919. The molecule has 0 atom stereocenters. The van der Waals surface area contributed by atoms with E-state index in [-0.39, 0.29) is 12.4 Å². The minimum atomic E-state index is -0.187. The lowest BCUT2D eigenvalue weighted by Crippen LogP contribution is -2.12. The van der Waals surface area contributed by atoms with Crippen LogP contribution in [-0.4, -0.2) is 38.7 Å². The molecule has 9 heteroatoms. The van der Waals surface area contributed by atoms with E-state index in [2.05, 4.69) is 11.1 Å². The molecule has 0 amide bonds. The fourth-order valence-corrected chi connectivity index (χ4v) is 4.51. The topological polar surface area (TPSA) is 90.7 Å². The van der Waals surface area contributed by atoms with Crippen LogP contribution in [0, 0.1) is 11.3 Å². The van der Waals surface area contributed by atoms with Gasteiger partial charge < -0.3 is 18.9 Å². The number of hydrogen-bond acceptors (Lipinski definition) is 8. The number of ether oxygens (including phenoxy) is 4. The summed E-state index contributed by atoms with van der Waals surface area (Å²) >= 11 is 7.25. The first-order valence-electron chi connectivity index (χ1n) is 11.4. The third-order valence-electron chi connectivity index (χ3n) is 5.56. The molecule has 38 heavy (non-hydrogen) atoms. The highest BCUT2D eigenvalue weighted by molar-refractivity contribution is 7.11. The molecule has 0 saturated heterocycles. The van der Waals surface area contributed by atoms with Crippen molar-refractivity contribution in [2.75, 3.05) is 27.9 Å². The number of carbonyl (C=O) groups excluding carboxylic acids is 1. The fourth-order valence-electron chi connectivity index (χ4n) is 3.59. The number of hydrogen-bond donors (Lipinski definition) is 0. The lowest BCUT2D eigenvalue weighted by atomic mass is 10.1. The zero-order valence-corrected chi connectivity index (χ0v) is 22.4. The van der Waals surface area contributed by atoms with Crippen molar-refractivity contribution in [2.24, 2.45) is 0 Å². The van der Waals surface area contributed by atoms with Crippen molar-refractivity contribution in [3.8, 4) is 40.3 Å². The molecule has 3 aromatic carbocycles. The number of thiazole rings is 1. The summed E-state index contributed by atoms with van der Waals surface area (Å²) in [6.07, 6.45) is 1.72. The molecule has 0 aliphatic heterocycles. The number of allylic oxidation sites excluding steroid dienone is 1. The SMILES string of the molecule is COc1ccc(-c2csc(C(C#N)=Cc3ccc(OCC(=O)c4ccc(Cl)cc4)c(OC)c3)n2)cc1OC. The van der Waals surface area contributed by atoms with Gasteiger partial charge >= 0.3 is 0 Å². The predicted molar refractivity (Wildman–Crippen MR) is 148 cm³/mol. The molecule has 192 valence electrons. The van der Waals surface area contributed by atoms with Gasteiger partial charge in [-0.3, -0.25) is 4.79 Å². The number of nitriles is 1. The third-order valence-corrected chi connectivity index (χ3v) is 6.69. The molecule has 1 heterocycles. The van der Waals surface area contributed by atoms with Gasteiger partial charge in [-0.1, -0.05) is 17.7 Å². The van der Waals surface area contributed by atoms with Crippen LogP contribution in [0.25, 0.3) is 22.9 Å². The lowest BCUT2D eigenvalue weighted by Gasteiger charge is -2.11. The van der Waals surface area contributed by atoms with E-state index in [1.54, 1.807) is 62.8 Å². The minimum Gasteiger partial charge on any atom is -0.493 e. The Bertz CT molecular complexity index is 1520. The highest BCUT2D eigenvalue weighted by atomic mass is 35.5. The monoisotopic (exact) mass is 546 g/mol. The van der Waals surface area contributed by atoms with Crippen LogP contribution in [0.5, 0.6) is 23.0 Å². The van der Waals surface area contributed by atoms with Crippen molar-refractivity contribution in [1.29, 1.82) is 5.26 Å². The molecule has 0 fully saturated rings. The summed E-state index contributed by atoms with van der Waals surface area (Å²) in [6, 6.07) is 19.6. The number of nitrogens with zero attached hydrogens (tertiary/aromatic N) is 2. The first-order valence-corrected chi connectivity index (χ1v) is 12.6. The van der Waals surface area contributed by atoms with E-state index >= 15 is 0 Å². The molecule has 0 N–H and O–H groups in total. The van der Waals surface area contributed by atoms with E-state index in [1.165, 1.54) is 18.4 Å². The fraction of sp³-hybridized carbons (Fsp3) is 0.138. The maximum atomic E-state index is 12.4. The Balaban J connectivity index is 1.52. The molecule has 0 spiro atoms. The maximum absolute atomic E-state index is 12.4. The van der Waals surface area contributed by atoms with Gasteiger partial charge in [0.2, 0.25) is 0 Å². The smallest absolute Gasteiger partial charge is 0.200 e. The van der Waals surface area contributed by atoms with E-state index in [4.69, 9.17) is 30.5 Å². The first kappa shape index (κ1) is 26.7. The minimum absolute atomic E-state index is 0.158. The van der Waals surface area contributed by atoms with Crippen molar-refractivity contribution in [2.45, 2.75) is 0 Å². The average molecular weight is 547 g/mol. The highest BCUT2D eigenvalue weighted by Crippen LogP contribution is 2.35. The summed E-state index contributed by atoms with van der Waals surface area (Å²) in [5.41, 5.74) is 3.19. The highest BCUT2D eigenvalue weighted by Gasteiger charge is 2.14. The summed E-state index contributed by atoms with van der Waals surface area (Å²) in [5.74, 6) is 1.88. The Labute approximate surface area is 229 Å². The summed E-state index contributed by atoms with van der Waals surface area (Å²) < 4.78 is 21.9. The van der Waals surface area contributed by atoms with Crippen LogP contribution in [-0.2, 0) is 0 Å². The zero-order valence-electron chi connectivity index (χ0n) is 20.9. The molecule has 4 aromatic rings. The predicted octanol–water partition coefficient (Wildman–Crippen LogP) is 6.82. The Hall–Kier alpha value is -4.32. The molecule has 0 radical (unpaired) electrons. The standard InChI is InChI=1S/C29H23ClN2O5S/c1-34-25-11-7-20(14-28(25)36-3)23-17-38-29(32-23)21(15-31)12-18-4-10-26(27(13-18)35-2)37-16-24(33)19-5-8-22(30)9-6-19/h4-14,17H,16H2,1-3H3. The molecule has 7 nitrogen and oxygen atoms in total. The summed E-state index contributed by atoms with van der Waals surface area (Å²) in [6.45, 7) is -0.158. The van der Waals surface area contributed by atoms with Gasteiger partial charge in [0.1, 0.15) is 11.1 Å². The van der Waals surface area contributed by atoms with E-state index < -0.39 is 0 Å². The average Bonchev–Trinajstić information content (AvgIpc) is 3.45. The number of Topliss-reactive ketones (excluding diaryl/α,β-unsaturated/α-hetero) is 1. The molecule has 1 aromatic heterocycles. The van der Waals surface area contributed by atoms with Crippen molar-refractivity contribution < 1.29 is 23.7 Å². The second-order valence-electron chi connectivity index (χ2n) is 7.91. The van der Waals surface area contributed by atoms with Crippen molar-refractivity contribution in [3.63, 3.8) is 0 Å². The summed E-state index contributed by atoms with van der Waals surface area (Å²) in [5, 5.41) is 12.8. The van der Waals surface area contributed by atoms with E-state index in [0.717, 1.165) is 16.8 Å². The second-order valence-corrected chi connectivity index (χ2v) is 9.20. The molecular weight excluding hydrogens is 524 g/mol. The number of ketones is 1. The van der Waals surface area contributed by atoms with Crippen LogP contribution in [0.1, 0.15) is 20.9 Å². The molecule has 4 rings (SSSR count). The number of benzene rings is 3. The maximum Gasteiger partial charge on any atom is 0.200 e. The van der Waals surface area contributed by atoms with Crippen molar-refractivity contribution in [1.82, 2.24) is 4.98 Å². The largest absolute Gasteiger partial charge is 0.493 e. The quantitative estimate of drug-likeness (QED) is 0.159. The van der Waals surface area contributed by atoms with Gasteiger partial charge in [-0.25, -0.2) is 4.98 Å². The Morgan fingerprint density at radius 1 is 0.947 bits per heavy atom. The Morgan fingerprint density at radius 2 is 1.63 bits per heavy atom. The van der Waals surface area contributed by atoms with Gasteiger partial charge in [-0.2, -0.15) is 5.26 Å². The molecule has 0 aliphatic carbocycles. The van der Waals surface area contributed by atoms with E-state index in [0.29, 0.717) is 44.2 Å². The van der Waals surface area contributed by atoms with Gasteiger partial charge in [0, 0.05) is 21.5 Å². The Morgan fingerprint density at radius 3 is 2.32 bits per heavy atom. The number of rotatable bonds is 10. The number of halogens is 1. The number of aromatic nitrogens is 1. The van der Waals surface area contributed by atoms with E-state index in [9.17, 15) is 10.1 Å². The van der Waals surface area contributed by atoms with Crippen LogP contribution in [0.4, 0.5) is 0 Å². The van der Waals surface area contributed by atoms with Crippen LogP contribution in [0.3, 0.4) is 0 Å². The van der Waals surface area contributed by atoms with Crippen molar-refractivity contribution in [3.05, 3.63) is 87.2 Å². The van der Waals surface area contributed by atoms with Gasteiger partial charge in [-0.15, -0.1) is 11.3 Å². The molecular formula is C29H23ClN2O5S. The first-order chi connectivity index (χ1) is 18.4. The number of carbonyl (C=O) groups is 1. The van der Waals surface area contributed by atoms with E-state index in [1.807, 2.05) is 23.6 Å². The normalized spacial score (nSPS) is 11.0. The van der Waals surface area contributed by atoms with Crippen LogP contribution < -0.4 is 18.9 Å².